The number of aryl methyl sites for hydroxylation is 1. The Morgan fingerprint density at radius 1 is 0.763 bits per heavy atom. The van der Waals surface area contributed by atoms with E-state index in [1.54, 1.807) is 48.5 Å². The minimum absolute atomic E-state index is 0.0246. The van der Waals surface area contributed by atoms with Crippen molar-refractivity contribution in [2.24, 2.45) is 5.92 Å². The fourth-order valence-corrected chi connectivity index (χ4v) is 5.33. The minimum Gasteiger partial charge on any atom is -0.494 e. The lowest BCUT2D eigenvalue weighted by Gasteiger charge is -2.29. The largest absolute Gasteiger partial charge is 0.494 e. The maximum absolute atomic E-state index is 15.2. The van der Waals surface area contributed by atoms with Gasteiger partial charge in [-0.2, -0.15) is 0 Å². The van der Waals surface area contributed by atoms with E-state index in [0.29, 0.717) is 36.0 Å². The molecule has 0 radical (unpaired) electrons. The van der Waals surface area contributed by atoms with Gasteiger partial charge < -0.3 is 9.47 Å². The second-order valence-electron chi connectivity index (χ2n) is 10.4. The molecule has 0 heterocycles. The molecule has 2 nitrogen and oxygen atoms in total. The molecule has 0 spiro atoms. The first-order valence-electron chi connectivity index (χ1n) is 14.1. The Morgan fingerprint density at radius 2 is 1.53 bits per heavy atom. The highest BCUT2D eigenvalue weighted by Crippen LogP contribution is 2.40. The number of rotatable bonds is 12. The van der Waals surface area contributed by atoms with Gasteiger partial charge in [0.25, 0.3) is 0 Å². The van der Waals surface area contributed by atoms with Gasteiger partial charge >= 0.3 is 0 Å². The molecule has 0 aliphatic heterocycles. The van der Waals surface area contributed by atoms with E-state index in [1.807, 2.05) is 13.0 Å². The van der Waals surface area contributed by atoms with Crippen LogP contribution in [-0.2, 0) is 6.42 Å². The Bertz CT molecular complexity index is 1170. The molecule has 0 atom stereocenters. The van der Waals surface area contributed by atoms with E-state index in [1.165, 1.54) is 0 Å². The molecule has 3 aromatic carbocycles. The molecule has 1 aliphatic rings. The summed E-state index contributed by atoms with van der Waals surface area (Å²) in [6.45, 7) is 5.27. The summed E-state index contributed by atoms with van der Waals surface area (Å²) in [5, 5.41) is 0. The molecule has 0 amide bonds. The molecule has 0 N–H and O–H groups in total. The number of unbranched alkanes of at least 4 members (excludes halogenated alkanes) is 1. The van der Waals surface area contributed by atoms with Crippen molar-refractivity contribution in [1.29, 1.82) is 0 Å². The van der Waals surface area contributed by atoms with Gasteiger partial charge in [-0.1, -0.05) is 50.6 Å². The number of hydrogen-bond donors (Lipinski definition) is 0. The summed E-state index contributed by atoms with van der Waals surface area (Å²) in [6.07, 6.45) is 8.21. The lowest BCUT2D eigenvalue weighted by Crippen LogP contribution is -2.15. The Hall–Kier alpha value is -2.95. The smallest absolute Gasteiger partial charge is 0.166 e. The monoisotopic (exact) mass is 524 g/mol. The fourth-order valence-electron chi connectivity index (χ4n) is 5.33. The van der Waals surface area contributed by atoms with Crippen molar-refractivity contribution in [1.82, 2.24) is 0 Å². The molecule has 0 saturated heterocycles. The summed E-state index contributed by atoms with van der Waals surface area (Å²) in [7, 11) is 0. The summed E-state index contributed by atoms with van der Waals surface area (Å²) in [6, 6.07) is 15.8. The van der Waals surface area contributed by atoms with Crippen molar-refractivity contribution < 1.29 is 22.6 Å². The zero-order chi connectivity index (χ0) is 26.9. The van der Waals surface area contributed by atoms with E-state index in [2.05, 4.69) is 6.92 Å². The molecule has 5 heteroatoms. The van der Waals surface area contributed by atoms with Crippen LogP contribution >= 0.6 is 0 Å². The molecule has 1 aliphatic carbocycles. The zero-order valence-electron chi connectivity index (χ0n) is 22.6. The standard InChI is InChI=1S/C33H39F3O2/c1-3-5-21-38-31-19-10-24(22-30(31)34)7-6-23-8-11-25(12-9-23)28-17-18-29(33(36)32(28)35)26-13-15-27(16-14-26)37-20-4-2/h10,13-19,22-23,25H,3-9,11-12,20-21H2,1-2H3. The predicted molar refractivity (Wildman–Crippen MR) is 147 cm³/mol. The van der Waals surface area contributed by atoms with E-state index in [0.717, 1.165) is 69.1 Å². The third-order valence-corrected chi connectivity index (χ3v) is 7.63. The van der Waals surface area contributed by atoms with Gasteiger partial charge in [0.15, 0.2) is 23.2 Å². The van der Waals surface area contributed by atoms with Crippen LogP contribution in [0.15, 0.2) is 54.6 Å². The van der Waals surface area contributed by atoms with Crippen molar-refractivity contribution >= 4 is 0 Å². The van der Waals surface area contributed by atoms with Crippen molar-refractivity contribution in [3.63, 3.8) is 0 Å². The average molecular weight is 525 g/mol. The van der Waals surface area contributed by atoms with Crippen LogP contribution in [-0.4, -0.2) is 13.2 Å². The van der Waals surface area contributed by atoms with Crippen molar-refractivity contribution in [2.45, 2.75) is 77.6 Å². The predicted octanol–water partition coefficient (Wildman–Crippen LogP) is 9.65. The van der Waals surface area contributed by atoms with Crippen LogP contribution in [0.2, 0.25) is 0 Å². The molecule has 0 unspecified atom stereocenters. The zero-order valence-corrected chi connectivity index (χ0v) is 22.6. The summed E-state index contributed by atoms with van der Waals surface area (Å²) in [5.74, 6) is -0.231. The average Bonchev–Trinajstić information content (AvgIpc) is 2.94. The van der Waals surface area contributed by atoms with Crippen molar-refractivity contribution in [3.05, 3.63) is 83.2 Å². The van der Waals surface area contributed by atoms with Gasteiger partial charge in [-0.25, -0.2) is 13.2 Å². The number of halogens is 3. The quantitative estimate of drug-likeness (QED) is 0.220. The first-order chi connectivity index (χ1) is 18.5. The number of benzene rings is 3. The van der Waals surface area contributed by atoms with E-state index in [-0.39, 0.29) is 17.3 Å². The van der Waals surface area contributed by atoms with Gasteiger partial charge in [0, 0.05) is 5.56 Å². The third-order valence-electron chi connectivity index (χ3n) is 7.63. The second kappa shape index (κ2) is 13.7. The summed E-state index contributed by atoms with van der Waals surface area (Å²) in [4.78, 5) is 0. The molecular weight excluding hydrogens is 485 g/mol. The van der Waals surface area contributed by atoms with Gasteiger partial charge in [0.2, 0.25) is 0 Å². The molecule has 0 aromatic heterocycles. The van der Waals surface area contributed by atoms with Crippen LogP contribution in [0.4, 0.5) is 13.2 Å². The van der Waals surface area contributed by atoms with Crippen LogP contribution < -0.4 is 9.47 Å². The van der Waals surface area contributed by atoms with Crippen LogP contribution in [0, 0.1) is 23.4 Å². The molecule has 3 aromatic rings. The highest BCUT2D eigenvalue weighted by molar-refractivity contribution is 5.65. The molecule has 38 heavy (non-hydrogen) atoms. The van der Waals surface area contributed by atoms with Crippen molar-refractivity contribution in [2.75, 3.05) is 13.2 Å². The van der Waals surface area contributed by atoms with Gasteiger partial charge in [-0.05, 0) is 104 Å². The molecule has 1 fully saturated rings. The summed E-state index contributed by atoms with van der Waals surface area (Å²) < 4.78 is 55.7. The van der Waals surface area contributed by atoms with Gasteiger partial charge in [0.05, 0.1) is 13.2 Å². The molecule has 0 bridgehead atoms. The van der Waals surface area contributed by atoms with Crippen LogP contribution in [0.25, 0.3) is 11.1 Å². The molecule has 204 valence electrons. The molecular formula is C33H39F3O2. The third kappa shape index (κ3) is 7.12. The SMILES string of the molecule is CCCCOc1ccc(CCC2CCC(c3ccc(-c4ccc(OCCC)cc4)c(F)c3F)CC2)cc1F. The topological polar surface area (TPSA) is 18.5 Å². The first kappa shape index (κ1) is 28.1. The van der Waals surface area contributed by atoms with Gasteiger partial charge in [0.1, 0.15) is 5.75 Å². The van der Waals surface area contributed by atoms with E-state index < -0.39 is 11.6 Å². The van der Waals surface area contributed by atoms with Crippen LogP contribution in [0.5, 0.6) is 11.5 Å². The maximum Gasteiger partial charge on any atom is 0.166 e. The lowest BCUT2D eigenvalue weighted by atomic mass is 9.76. The molecule has 4 rings (SSSR count). The summed E-state index contributed by atoms with van der Waals surface area (Å²) in [5.41, 5.74) is 2.36. The Balaban J connectivity index is 1.31. The summed E-state index contributed by atoms with van der Waals surface area (Å²) >= 11 is 0. The normalized spacial score (nSPS) is 17.4. The van der Waals surface area contributed by atoms with Gasteiger partial charge in [-0.15, -0.1) is 0 Å². The first-order valence-corrected chi connectivity index (χ1v) is 14.1. The highest BCUT2D eigenvalue weighted by atomic mass is 19.2. The number of ether oxygens (including phenoxy) is 2. The van der Waals surface area contributed by atoms with E-state index >= 15 is 8.78 Å². The highest BCUT2D eigenvalue weighted by Gasteiger charge is 2.26. The Labute approximate surface area is 225 Å². The van der Waals surface area contributed by atoms with Crippen molar-refractivity contribution in [3.8, 4) is 22.6 Å². The lowest BCUT2D eigenvalue weighted by molar-refractivity contribution is 0.293. The Morgan fingerprint density at radius 3 is 2.21 bits per heavy atom. The molecule has 1 saturated carbocycles. The van der Waals surface area contributed by atoms with E-state index in [4.69, 9.17) is 9.47 Å². The van der Waals surface area contributed by atoms with Crippen LogP contribution in [0.3, 0.4) is 0 Å². The second-order valence-corrected chi connectivity index (χ2v) is 10.4. The number of hydrogen-bond acceptors (Lipinski definition) is 2. The van der Waals surface area contributed by atoms with E-state index in [9.17, 15) is 4.39 Å². The van der Waals surface area contributed by atoms with Gasteiger partial charge in [-0.3, -0.25) is 0 Å². The van der Waals surface area contributed by atoms with Crippen LogP contribution in [0.1, 0.15) is 82.3 Å². The fraction of sp³-hybridized carbons (Fsp3) is 0.455. The maximum atomic E-state index is 15.2. The Kier molecular flexibility index (Phi) is 10.1. The minimum atomic E-state index is -0.781.